The molecule has 0 saturated heterocycles. The van der Waals surface area contributed by atoms with Crippen molar-refractivity contribution in [1.29, 1.82) is 0 Å². The van der Waals surface area contributed by atoms with Crippen molar-refractivity contribution in [3.8, 4) is 5.88 Å². The summed E-state index contributed by atoms with van der Waals surface area (Å²) in [6, 6.07) is 9.19. The van der Waals surface area contributed by atoms with E-state index in [1.807, 2.05) is 24.3 Å². The van der Waals surface area contributed by atoms with Gasteiger partial charge >= 0.3 is 8.69 Å². The molecule has 4 nitrogen and oxygen atoms in total. The van der Waals surface area contributed by atoms with E-state index in [1.54, 1.807) is 6.07 Å². The molecule has 2 rings (SSSR count). The average molecular weight is 192 g/mol. The van der Waals surface area contributed by atoms with Crippen molar-refractivity contribution in [3.05, 3.63) is 30.3 Å². The van der Waals surface area contributed by atoms with Crippen LogP contribution in [0.1, 0.15) is 0 Å². The second-order valence-corrected chi connectivity index (χ2v) is 2.74. The first-order chi connectivity index (χ1) is 6.40. The lowest BCUT2D eigenvalue weighted by atomic mass is 10.2. The van der Waals surface area contributed by atoms with Crippen LogP contribution in [0.25, 0.3) is 10.9 Å². The van der Waals surface area contributed by atoms with Gasteiger partial charge in [-0.05, 0) is 6.07 Å². The predicted molar refractivity (Wildman–Crippen MR) is 47.8 cm³/mol. The molecule has 1 aromatic carbocycles. The Morgan fingerprint density at radius 3 is 2.92 bits per heavy atom. The van der Waals surface area contributed by atoms with Crippen molar-refractivity contribution in [1.82, 2.24) is 10.2 Å². The molecule has 1 heterocycles. The molecule has 64 valence electrons. The number of hydrogen-bond donors (Lipinski definition) is 0. The second kappa shape index (κ2) is 3.46. The first-order valence-corrected chi connectivity index (χ1v) is 4.35. The fraction of sp³-hybridized carbons (Fsp3) is 0. The van der Waals surface area contributed by atoms with Crippen LogP contribution in [0.3, 0.4) is 0 Å². The molecule has 2 aromatic rings. The van der Waals surface area contributed by atoms with Gasteiger partial charge in [-0.3, -0.25) is 0 Å². The van der Waals surface area contributed by atoms with Crippen LogP contribution in [0.15, 0.2) is 30.3 Å². The largest absolute Gasteiger partial charge is 0.397 e. The van der Waals surface area contributed by atoms with Gasteiger partial charge in [-0.1, -0.05) is 18.2 Å². The second-order valence-electron chi connectivity index (χ2n) is 2.41. The Bertz CT molecular complexity index is 447. The van der Waals surface area contributed by atoms with Crippen molar-refractivity contribution in [3.63, 3.8) is 0 Å². The fourth-order valence-corrected chi connectivity index (χ4v) is 1.21. The molecule has 5 heteroatoms. The molecule has 1 aromatic heterocycles. The van der Waals surface area contributed by atoms with Crippen LogP contribution in [0.5, 0.6) is 5.88 Å². The number of aromatic nitrogens is 2. The Labute approximate surface area is 75.8 Å². The van der Waals surface area contributed by atoms with E-state index in [-0.39, 0.29) is 5.88 Å². The van der Waals surface area contributed by atoms with E-state index >= 15 is 0 Å². The summed E-state index contributed by atoms with van der Waals surface area (Å²) in [4.78, 5) is 0. The van der Waals surface area contributed by atoms with E-state index < -0.39 is 8.69 Å². The zero-order chi connectivity index (χ0) is 9.10. The Balaban J connectivity index is 2.55. The van der Waals surface area contributed by atoms with Crippen LogP contribution in [0.4, 0.5) is 0 Å². The minimum absolute atomic E-state index is 0.260. The number of nitrogens with zero attached hydrogens (tertiary/aromatic N) is 2. The van der Waals surface area contributed by atoms with Gasteiger partial charge in [0.15, 0.2) is 0 Å². The van der Waals surface area contributed by atoms with Gasteiger partial charge in [0.2, 0.25) is 5.88 Å². The van der Waals surface area contributed by atoms with Crippen molar-refractivity contribution < 1.29 is 9.09 Å². The van der Waals surface area contributed by atoms with Crippen LogP contribution in [-0.4, -0.2) is 10.2 Å². The lowest BCUT2D eigenvalue weighted by Gasteiger charge is -1.96. The van der Waals surface area contributed by atoms with E-state index in [1.165, 1.54) is 0 Å². The molecule has 0 unspecified atom stereocenters. The van der Waals surface area contributed by atoms with E-state index in [4.69, 9.17) is 0 Å². The maximum atomic E-state index is 10.1. The Morgan fingerprint density at radius 1 is 1.23 bits per heavy atom. The van der Waals surface area contributed by atoms with E-state index in [9.17, 15) is 4.57 Å². The van der Waals surface area contributed by atoms with Gasteiger partial charge in [0, 0.05) is 11.5 Å². The molecule has 13 heavy (non-hydrogen) atoms. The monoisotopic (exact) mass is 192 g/mol. The first kappa shape index (κ1) is 8.08. The minimum atomic E-state index is -0.418. The highest BCUT2D eigenvalue weighted by Gasteiger charge is 1.98. The van der Waals surface area contributed by atoms with Crippen molar-refractivity contribution >= 4 is 19.6 Å². The zero-order valence-corrected chi connectivity index (χ0v) is 7.44. The third kappa shape index (κ3) is 1.63. The van der Waals surface area contributed by atoms with Gasteiger partial charge < -0.3 is 4.52 Å². The number of rotatable bonds is 2. The van der Waals surface area contributed by atoms with Crippen molar-refractivity contribution in [2.45, 2.75) is 0 Å². The molecule has 0 bridgehead atoms. The van der Waals surface area contributed by atoms with Crippen LogP contribution < -0.4 is 4.52 Å². The number of hydrogen-bond acceptors (Lipinski definition) is 4. The SMILES string of the molecule is O=POc1cc2ccccc2nn1. The molecule has 0 aliphatic rings. The summed E-state index contributed by atoms with van der Waals surface area (Å²) in [7, 11) is -0.418. The molecular formula is C8H5N2O2P. The highest BCUT2D eigenvalue weighted by Crippen LogP contribution is 2.17. The van der Waals surface area contributed by atoms with Gasteiger partial charge in [-0.2, -0.15) is 0 Å². The zero-order valence-electron chi connectivity index (χ0n) is 6.54. The standard InChI is InChI=1S/C8H5N2O2P/c11-13-12-8-5-6-3-1-2-4-7(6)9-10-8/h1-5H. The highest BCUT2D eigenvalue weighted by molar-refractivity contribution is 7.17. The molecule has 0 radical (unpaired) electrons. The predicted octanol–water partition coefficient (Wildman–Crippen LogP) is 2.22. The molecular weight excluding hydrogens is 187 g/mol. The van der Waals surface area contributed by atoms with Crippen molar-refractivity contribution in [2.24, 2.45) is 0 Å². The Kier molecular flexibility index (Phi) is 2.15. The number of fused-ring (bicyclic) bond motifs is 1. The summed E-state index contributed by atoms with van der Waals surface area (Å²) < 4.78 is 14.8. The molecule has 0 aliphatic heterocycles. The normalized spacial score (nSPS) is 10.5. The summed E-state index contributed by atoms with van der Waals surface area (Å²) in [6.45, 7) is 0. The summed E-state index contributed by atoms with van der Waals surface area (Å²) >= 11 is 0. The Hall–Kier alpha value is -1.54. The average Bonchev–Trinajstić information content (AvgIpc) is 2.18. The molecule has 0 saturated carbocycles. The Morgan fingerprint density at radius 2 is 2.08 bits per heavy atom. The molecule has 0 N–H and O–H groups in total. The molecule has 0 fully saturated rings. The molecule has 0 atom stereocenters. The van der Waals surface area contributed by atoms with E-state index in [2.05, 4.69) is 14.7 Å². The van der Waals surface area contributed by atoms with Gasteiger partial charge in [0.1, 0.15) is 0 Å². The molecule has 0 spiro atoms. The van der Waals surface area contributed by atoms with E-state index in [0.29, 0.717) is 0 Å². The lowest BCUT2D eigenvalue weighted by molar-refractivity contribution is 0.511. The van der Waals surface area contributed by atoms with Gasteiger partial charge in [-0.25, -0.2) is 4.57 Å². The topological polar surface area (TPSA) is 52.1 Å². The fourth-order valence-electron chi connectivity index (χ4n) is 1.05. The maximum Gasteiger partial charge on any atom is 0.397 e. The van der Waals surface area contributed by atoms with Crippen LogP contribution in [0.2, 0.25) is 0 Å². The van der Waals surface area contributed by atoms with Gasteiger partial charge in [0.05, 0.1) is 5.52 Å². The first-order valence-electron chi connectivity index (χ1n) is 3.62. The van der Waals surface area contributed by atoms with Crippen LogP contribution in [-0.2, 0) is 4.57 Å². The summed E-state index contributed by atoms with van der Waals surface area (Å²) in [5.41, 5.74) is 0.789. The smallest absolute Gasteiger partial charge is 0.386 e. The minimum Gasteiger partial charge on any atom is -0.386 e. The highest BCUT2D eigenvalue weighted by atomic mass is 31.1. The number of benzene rings is 1. The maximum absolute atomic E-state index is 10.1. The molecule has 0 amide bonds. The third-order valence-electron chi connectivity index (χ3n) is 1.60. The summed E-state index contributed by atoms with van der Waals surface area (Å²) in [5, 5.41) is 8.51. The van der Waals surface area contributed by atoms with Crippen LogP contribution in [0, 0.1) is 0 Å². The molecule has 0 aliphatic carbocycles. The summed E-state index contributed by atoms with van der Waals surface area (Å²) in [6.07, 6.45) is 0. The van der Waals surface area contributed by atoms with Gasteiger partial charge in [-0.15, -0.1) is 10.2 Å². The quantitative estimate of drug-likeness (QED) is 0.684. The van der Waals surface area contributed by atoms with Crippen molar-refractivity contribution in [2.75, 3.05) is 0 Å². The van der Waals surface area contributed by atoms with Crippen LogP contribution >= 0.6 is 8.69 Å². The third-order valence-corrected chi connectivity index (χ3v) is 1.86. The van der Waals surface area contributed by atoms with Gasteiger partial charge in [0.25, 0.3) is 0 Å². The van der Waals surface area contributed by atoms with E-state index in [0.717, 1.165) is 10.9 Å². The summed E-state index contributed by atoms with van der Waals surface area (Å²) in [5.74, 6) is 0.260. The lowest BCUT2D eigenvalue weighted by Crippen LogP contribution is -1.86.